The maximum Gasteiger partial charge on any atom is 0.269 e. The lowest BCUT2D eigenvalue weighted by atomic mass is 10.2. The van der Waals surface area contributed by atoms with E-state index in [9.17, 15) is 4.79 Å². The van der Waals surface area contributed by atoms with Gasteiger partial charge in [0, 0.05) is 0 Å². The molecule has 0 atom stereocenters. The highest BCUT2D eigenvalue weighted by Crippen LogP contribution is 2.15. The highest BCUT2D eigenvalue weighted by atomic mass is 16.1. The molecule has 0 fully saturated rings. The van der Waals surface area contributed by atoms with Crippen molar-refractivity contribution in [1.29, 1.82) is 0 Å². The summed E-state index contributed by atoms with van der Waals surface area (Å²) in [6, 6.07) is 9.64. The van der Waals surface area contributed by atoms with Gasteiger partial charge < -0.3 is 5.73 Å². The van der Waals surface area contributed by atoms with E-state index in [4.69, 9.17) is 5.73 Å². The Kier molecular flexibility index (Phi) is 2.49. The van der Waals surface area contributed by atoms with Crippen LogP contribution in [0.1, 0.15) is 0 Å². The molecule has 0 aromatic heterocycles. The van der Waals surface area contributed by atoms with Crippen LogP contribution < -0.4 is 10.7 Å². The molecule has 0 saturated carbocycles. The van der Waals surface area contributed by atoms with Crippen LogP contribution in [0.3, 0.4) is 0 Å². The van der Waals surface area contributed by atoms with Gasteiger partial charge in [-0.25, -0.2) is 0 Å². The normalized spacial score (nSPS) is 14.9. The quantitative estimate of drug-likeness (QED) is 0.773. The number of nitrogens with zero attached hydrogens (tertiary/aromatic N) is 2. The summed E-state index contributed by atoms with van der Waals surface area (Å²) in [5.74, 6) is -0.508. The number of hydrogen-bond donors (Lipinski definition) is 1. The summed E-state index contributed by atoms with van der Waals surface area (Å²) in [7, 11) is 0. The summed E-state index contributed by atoms with van der Waals surface area (Å²) in [4.78, 5) is 10.9. The minimum absolute atomic E-state index is 0.283. The number of amides is 1. The van der Waals surface area contributed by atoms with E-state index >= 15 is 0 Å². The van der Waals surface area contributed by atoms with Crippen LogP contribution in [0.2, 0.25) is 0 Å². The van der Waals surface area contributed by atoms with E-state index in [-0.39, 0.29) is 5.71 Å². The van der Waals surface area contributed by atoms with Crippen molar-refractivity contribution in [1.82, 2.24) is 0 Å². The van der Waals surface area contributed by atoms with Crippen molar-refractivity contribution in [3.8, 4) is 0 Å². The van der Waals surface area contributed by atoms with E-state index in [2.05, 4.69) is 5.10 Å². The van der Waals surface area contributed by atoms with Crippen LogP contribution in [0.4, 0.5) is 5.69 Å². The second kappa shape index (κ2) is 3.96. The van der Waals surface area contributed by atoms with Crippen LogP contribution in [0, 0.1) is 0 Å². The van der Waals surface area contributed by atoms with Gasteiger partial charge in [-0.1, -0.05) is 24.3 Å². The zero-order chi connectivity index (χ0) is 10.7. The van der Waals surface area contributed by atoms with Crippen LogP contribution >= 0.6 is 0 Å². The monoisotopic (exact) mass is 201 g/mol. The van der Waals surface area contributed by atoms with Crippen LogP contribution in [-0.2, 0) is 4.79 Å². The van der Waals surface area contributed by atoms with Crippen LogP contribution in [-0.4, -0.2) is 18.2 Å². The molecule has 4 heteroatoms. The second-order valence-corrected chi connectivity index (χ2v) is 3.17. The molecule has 1 amide bonds. The van der Waals surface area contributed by atoms with Gasteiger partial charge in [0.05, 0.1) is 12.2 Å². The molecule has 1 aliphatic rings. The standard InChI is InChI=1S/C11H11N3O/c12-11(15)10-7-4-8-14(13-10)9-5-2-1-3-6-9/h1-7H,8H2,(H2,12,15). The first-order valence-electron chi connectivity index (χ1n) is 4.65. The molecule has 4 nitrogen and oxygen atoms in total. The molecule has 1 aliphatic heterocycles. The lowest BCUT2D eigenvalue weighted by Gasteiger charge is -2.20. The van der Waals surface area contributed by atoms with Crippen molar-refractivity contribution in [3.05, 3.63) is 42.5 Å². The van der Waals surface area contributed by atoms with Gasteiger partial charge in [-0.05, 0) is 18.2 Å². The number of para-hydroxylation sites is 1. The number of nitrogens with two attached hydrogens (primary N) is 1. The molecular formula is C11H11N3O. The predicted octanol–water partition coefficient (Wildman–Crippen LogP) is 0.904. The molecule has 0 aliphatic carbocycles. The van der Waals surface area contributed by atoms with Gasteiger partial charge >= 0.3 is 0 Å². The lowest BCUT2D eigenvalue weighted by molar-refractivity contribution is -0.111. The number of primary amides is 1. The zero-order valence-electron chi connectivity index (χ0n) is 8.13. The number of carbonyl (C=O) groups excluding carboxylic acids is 1. The van der Waals surface area contributed by atoms with Crippen molar-refractivity contribution in [2.75, 3.05) is 11.6 Å². The third-order valence-corrected chi connectivity index (χ3v) is 2.09. The molecule has 1 aromatic rings. The summed E-state index contributed by atoms with van der Waals surface area (Å²) in [6.07, 6.45) is 3.50. The van der Waals surface area contributed by atoms with Crippen molar-refractivity contribution in [2.45, 2.75) is 0 Å². The molecule has 15 heavy (non-hydrogen) atoms. The summed E-state index contributed by atoms with van der Waals surface area (Å²) in [6.45, 7) is 0.654. The molecular weight excluding hydrogens is 190 g/mol. The Bertz CT molecular complexity index is 423. The zero-order valence-corrected chi connectivity index (χ0v) is 8.13. The molecule has 2 rings (SSSR count). The van der Waals surface area contributed by atoms with Crippen molar-refractivity contribution >= 4 is 17.3 Å². The Morgan fingerprint density at radius 1 is 1.33 bits per heavy atom. The van der Waals surface area contributed by atoms with Gasteiger partial charge in [0.25, 0.3) is 5.91 Å². The van der Waals surface area contributed by atoms with Gasteiger partial charge in [0.1, 0.15) is 5.71 Å². The first kappa shape index (κ1) is 9.45. The molecule has 2 N–H and O–H groups in total. The smallest absolute Gasteiger partial charge is 0.269 e. The van der Waals surface area contributed by atoms with E-state index < -0.39 is 5.91 Å². The Morgan fingerprint density at radius 2 is 2.07 bits per heavy atom. The fourth-order valence-corrected chi connectivity index (χ4v) is 1.36. The first-order chi connectivity index (χ1) is 7.27. The average molecular weight is 201 g/mol. The molecule has 1 aromatic carbocycles. The van der Waals surface area contributed by atoms with Gasteiger partial charge in [-0.15, -0.1) is 0 Å². The van der Waals surface area contributed by atoms with Gasteiger partial charge in [0.2, 0.25) is 0 Å². The fourth-order valence-electron chi connectivity index (χ4n) is 1.36. The summed E-state index contributed by atoms with van der Waals surface area (Å²) >= 11 is 0. The van der Waals surface area contributed by atoms with E-state index in [1.807, 2.05) is 36.4 Å². The molecule has 0 bridgehead atoms. The third-order valence-electron chi connectivity index (χ3n) is 2.09. The molecule has 1 heterocycles. The van der Waals surface area contributed by atoms with Crippen molar-refractivity contribution in [3.63, 3.8) is 0 Å². The summed E-state index contributed by atoms with van der Waals surface area (Å²) < 4.78 is 0. The minimum atomic E-state index is -0.508. The molecule has 0 spiro atoms. The highest BCUT2D eigenvalue weighted by molar-refractivity contribution is 6.43. The Labute approximate surface area is 87.7 Å². The van der Waals surface area contributed by atoms with Crippen molar-refractivity contribution in [2.24, 2.45) is 10.8 Å². The Balaban J connectivity index is 2.27. The van der Waals surface area contributed by atoms with Gasteiger partial charge in [0.15, 0.2) is 0 Å². The SMILES string of the molecule is NC(=O)C1=NN(c2ccccc2)CC=C1. The number of rotatable bonds is 2. The fraction of sp³-hybridized carbons (Fsp3) is 0.0909. The maximum absolute atomic E-state index is 10.9. The van der Waals surface area contributed by atoms with Crippen molar-refractivity contribution < 1.29 is 4.79 Å². The largest absolute Gasteiger partial charge is 0.364 e. The molecule has 0 saturated heterocycles. The van der Waals surface area contributed by atoms with E-state index in [0.717, 1.165) is 5.69 Å². The molecule has 76 valence electrons. The van der Waals surface area contributed by atoms with E-state index in [0.29, 0.717) is 6.54 Å². The van der Waals surface area contributed by atoms with Gasteiger partial charge in [-0.2, -0.15) is 5.10 Å². The summed E-state index contributed by atoms with van der Waals surface area (Å²) in [5, 5.41) is 5.88. The van der Waals surface area contributed by atoms with Crippen LogP contribution in [0.25, 0.3) is 0 Å². The topological polar surface area (TPSA) is 58.7 Å². The number of hydrazone groups is 1. The number of hydrogen-bond acceptors (Lipinski definition) is 3. The number of benzene rings is 1. The van der Waals surface area contributed by atoms with Gasteiger partial charge in [-0.3, -0.25) is 9.80 Å². The number of carbonyl (C=O) groups is 1. The average Bonchev–Trinajstić information content (AvgIpc) is 2.30. The minimum Gasteiger partial charge on any atom is -0.364 e. The van der Waals surface area contributed by atoms with Crippen LogP contribution in [0.15, 0.2) is 47.6 Å². The lowest BCUT2D eigenvalue weighted by Crippen LogP contribution is -2.29. The number of anilines is 1. The van der Waals surface area contributed by atoms with E-state index in [1.54, 1.807) is 11.1 Å². The highest BCUT2D eigenvalue weighted by Gasteiger charge is 2.11. The first-order valence-corrected chi connectivity index (χ1v) is 4.65. The predicted molar refractivity (Wildman–Crippen MR) is 59.6 cm³/mol. The third kappa shape index (κ3) is 2.04. The molecule has 0 unspecified atom stereocenters. The Hall–Kier alpha value is -2.10. The molecule has 0 radical (unpaired) electrons. The van der Waals surface area contributed by atoms with E-state index in [1.165, 1.54) is 0 Å². The second-order valence-electron chi connectivity index (χ2n) is 3.17. The summed E-state index contributed by atoms with van der Waals surface area (Å²) in [5.41, 5.74) is 6.39. The van der Waals surface area contributed by atoms with Crippen LogP contribution in [0.5, 0.6) is 0 Å². The Morgan fingerprint density at radius 3 is 2.73 bits per heavy atom. The maximum atomic E-state index is 10.9.